The second-order valence-electron chi connectivity index (χ2n) is 9.47. The zero-order valence-corrected chi connectivity index (χ0v) is 23.0. The first-order chi connectivity index (χ1) is 17.6. The van der Waals surface area contributed by atoms with E-state index in [4.69, 9.17) is 14.2 Å². The third kappa shape index (κ3) is 5.25. The summed E-state index contributed by atoms with van der Waals surface area (Å²) in [5.74, 6) is 1.09. The highest BCUT2D eigenvalue weighted by Gasteiger charge is 2.33. The van der Waals surface area contributed by atoms with Gasteiger partial charge in [0.15, 0.2) is 16.3 Å². The lowest BCUT2D eigenvalue weighted by Gasteiger charge is -2.24. The number of esters is 1. The van der Waals surface area contributed by atoms with Gasteiger partial charge in [-0.05, 0) is 61.6 Å². The minimum Gasteiger partial charge on any atom is -0.493 e. The van der Waals surface area contributed by atoms with Crippen molar-refractivity contribution in [2.45, 2.75) is 52.7 Å². The molecule has 0 aliphatic carbocycles. The molecule has 7 nitrogen and oxygen atoms in total. The van der Waals surface area contributed by atoms with Gasteiger partial charge < -0.3 is 14.2 Å². The summed E-state index contributed by atoms with van der Waals surface area (Å²) in [6, 6.07) is 12.9. The van der Waals surface area contributed by atoms with Gasteiger partial charge in [0.05, 0.1) is 42.2 Å². The average Bonchev–Trinajstić information content (AvgIpc) is 3.17. The zero-order chi connectivity index (χ0) is 26.9. The predicted octanol–water partition coefficient (Wildman–Crippen LogP) is 4.33. The summed E-state index contributed by atoms with van der Waals surface area (Å²) in [5, 5.41) is 0. The number of methoxy groups -OCH3 is 2. The van der Waals surface area contributed by atoms with Gasteiger partial charge in [0, 0.05) is 0 Å². The topological polar surface area (TPSA) is 79.1 Å². The Balaban J connectivity index is 1.88. The van der Waals surface area contributed by atoms with E-state index in [0.29, 0.717) is 38.0 Å². The molecule has 0 amide bonds. The molecule has 194 valence electrons. The van der Waals surface area contributed by atoms with Crippen LogP contribution in [0.25, 0.3) is 6.08 Å². The van der Waals surface area contributed by atoms with Crippen LogP contribution in [0.1, 0.15) is 63.3 Å². The van der Waals surface area contributed by atoms with Gasteiger partial charge in [-0.2, -0.15) is 0 Å². The second-order valence-corrected chi connectivity index (χ2v) is 10.5. The summed E-state index contributed by atoms with van der Waals surface area (Å²) in [7, 11) is 2.93. The molecule has 1 atom stereocenters. The van der Waals surface area contributed by atoms with Crippen molar-refractivity contribution >= 4 is 23.4 Å². The Morgan fingerprint density at radius 3 is 2.35 bits per heavy atom. The van der Waals surface area contributed by atoms with Crippen molar-refractivity contribution in [2.75, 3.05) is 14.2 Å². The Morgan fingerprint density at radius 1 is 1.05 bits per heavy atom. The molecule has 0 saturated carbocycles. The lowest BCUT2D eigenvalue weighted by atomic mass is 9.93. The SMILES string of the molecule is COC(=O)C1=C(C)N=c2s/c(=C\c3ccc(OC(C)C)c(OC)c3)c(=O)n2C1c1ccc(C(C)C)cc1. The predicted molar refractivity (Wildman–Crippen MR) is 145 cm³/mol. The second kappa shape index (κ2) is 10.8. The highest BCUT2D eigenvalue weighted by atomic mass is 32.1. The van der Waals surface area contributed by atoms with E-state index in [-0.39, 0.29) is 11.7 Å². The number of carbonyl (C=O) groups excluding carboxylic acids is 1. The van der Waals surface area contributed by atoms with E-state index in [1.54, 1.807) is 18.6 Å². The highest BCUT2D eigenvalue weighted by Crippen LogP contribution is 2.32. The van der Waals surface area contributed by atoms with Crippen molar-refractivity contribution < 1.29 is 19.0 Å². The minimum absolute atomic E-state index is 0.00490. The number of fused-ring (bicyclic) bond motifs is 1. The number of carbonyl (C=O) groups is 1. The molecule has 8 heteroatoms. The lowest BCUT2D eigenvalue weighted by molar-refractivity contribution is -0.136. The van der Waals surface area contributed by atoms with E-state index in [2.05, 4.69) is 18.8 Å². The summed E-state index contributed by atoms with van der Waals surface area (Å²) < 4.78 is 18.5. The molecule has 0 spiro atoms. The third-order valence-corrected chi connectivity index (χ3v) is 7.18. The van der Waals surface area contributed by atoms with Crippen LogP contribution in [0.4, 0.5) is 0 Å². The van der Waals surface area contributed by atoms with Crippen molar-refractivity contribution in [1.29, 1.82) is 0 Å². The number of ether oxygens (including phenoxy) is 3. The monoisotopic (exact) mass is 520 g/mol. The van der Waals surface area contributed by atoms with Crippen molar-refractivity contribution in [2.24, 2.45) is 4.99 Å². The van der Waals surface area contributed by atoms with Gasteiger partial charge in [0.2, 0.25) is 0 Å². The van der Waals surface area contributed by atoms with Gasteiger partial charge >= 0.3 is 5.97 Å². The van der Waals surface area contributed by atoms with Gasteiger partial charge in [-0.3, -0.25) is 9.36 Å². The molecule has 2 heterocycles. The molecule has 1 aromatic heterocycles. The van der Waals surface area contributed by atoms with Crippen LogP contribution in [-0.2, 0) is 9.53 Å². The number of rotatable bonds is 7. The molecular formula is C29H32N2O5S. The fraction of sp³-hybridized carbons (Fsp3) is 0.345. The first-order valence-electron chi connectivity index (χ1n) is 12.2. The summed E-state index contributed by atoms with van der Waals surface area (Å²) in [5.41, 5.74) is 3.46. The van der Waals surface area contributed by atoms with E-state index in [1.807, 2.05) is 62.4 Å². The van der Waals surface area contributed by atoms with Gasteiger partial charge in [0.1, 0.15) is 0 Å². The first kappa shape index (κ1) is 26.4. The molecule has 0 saturated heterocycles. The average molecular weight is 521 g/mol. The number of benzene rings is 2. The molecule has 0 bridgehead atoms. The number of hydrogen-bond acceptors (Lipinski definition) is 7. The normalized spacial score (nSPS) is 15.6. The van der Waals surface area contributed by atoms with E-state index in [1.165, 1.54) is 24.0 Å². The molecule has 4 rings (SSSR count). The maximum absolute atomic E-state index is 13.8. The van der Waals surface area contributed by atoms with Gasteiger partial charge in [-0.1, -0.05) is 55.5 Å². The minimum atomic E-state index is -0.636. The quantitative estimate of drug-likeness (QED) is 0.434. The molecular weight excluding hydrogens is 488 g/mol. The van der Waals surface area contributed by atoms with Crippen LogP contribution in [0.2, 0.25) is 0 Å². The molecule has 37 heavy (non-hydrogen) atoms. The van der Waals surface area contributed by atoms with Gasteiger partial charge in [0.25, 0.3) is 5.56 Å². The van der Waals surface area contributed by atoms with Crippen molar-refractivity contribution in [3.05, 3.63) is 90.1 Å². The summed E-state index contributed by atoms with van der Waals surface area (Å²) in [6.07, 6.45) is 1.81. The lowest BCUT2D eigenvalue weighted by Crippen LogP contribution is -2.39. The standard InChI is InChI=1S/C29H32N2O5S/c1-16(2)20-9-11-21(12-10-20)26-25(28(33)35-7)18(5)30-29-31(26)27(32)24(37-29)15-19-8-13-22(36-17(3)4)23(14-19)34-6/h8-17,26H,1-7H3/b24-15-. The van der Waals surface area contributed by atoms with E-state index >= 15 is 0 Å². The number of allylic oxidation sites excluding steroid dienone is 1. The van der Waals surface area contributed by atoms with Crippen LogP contribution >= 0.6 is 11.3 Å². The Bertz CT molecular complexity index is 1530. The van der Waals surface area contributed by atoms with E-state index < -0.39 is 12.0 Å². The van der Waals surface area contributed by atoms with Gasteiger partial charge in [-0.25, -0.2) is 9.79 Å². The fourth-order valence-electron chi connectivity index (χ4n) is 4.35. The summed E-state index contributed by atoms with van der Waals surface area (Å²) >= 11 is 1.29. The Morgan fingerprint density at radius 2 is 1.76 bits per heavy atom. The van der Waals surface area contributed by atoms with Crippen LogP contribution in [0.3, 0.4) is 0 Å². The molecule has 0 radical (unpaired) electrons. The molecule has 2 aromatic carbocycles. The van der Waals surface area contributed by atoms with Crippen LogP contribution in [0.5, 0.6) is 11.5 Å². The first-order valence-corrected chi connectivity index (χ1v) is 13.0. The maximum Gasteiger partial charge on any atom is 0.338 e. The highest BCUT2D eigenvalue weighted by molar-refractivity contribution is 7.07. The number of nitrogens with zero attached hydrogens (tertiary/aromatic N) is 2. The number of hydrogen-bond donors (Lipinski definition) is 0. The summed E-state index contributed by atoms with van der Waals surface area (Å²) in [4.78, 5) is 31.8. The number of aromatic nitrogens is 1. The smallest absolute Gasteiger partial charge is 0.338 e. The van der Waals surface area contributed by atoms with Crippen LogP contribution in [0, 0.1) is 0 Å². The fourth-order valence-corrected chi connectivity index (χ4v) is 5.39. The summed E-state index contributed by atoms with van der Waals surface area (Å²) in [6.45, 7) is 9.92. The van der Waals surface area contributed by atoms with Crippen molar-refractivity contribution in [1.82, 2.24) is 4.57 Å². The van der Waals surface area contributed by atoms with Crippen molar-refractivity contribution in [3.63, 3.8) is 0 Å². The largest absolute Gasteiger partial charge is 0.493 e. The molecule has 1 aliphatic rings. The van der Waals surface area contributed by atoms with Crippen LogP contribution in [0.15, 0.2) is 63.5 Å². The molecule has 1 aliphatic heterocycles. The van der Waals surface area contributed by atoms with Crippen LogP contribution < -0.4 is 24.4 Å². The Hall–Kier alpha value is -3.65. The molecule has 0 N–H and O–H groups in total. The van der Waals surface area contributed by atoms with Crippen LogP contribution in [-0.4, -0.2) is 30.9 Å². The Kier molecular flexibility index (Phi) is 7.68. The molecule has 3 aromatic rings. The third-order valence-electron chi connectivity index (χ3n) is 6.19. The van der Waals surface area contributed by atoms with E-state index in [0.717, 1.165) is 11.1 Å². The number of thiazole rings is 1. The van der Waals surface area contributed by atoms with E-state index in [9.17, 15) is 9.59 Å². The van der Waals surface area contributed by atoms with Gasteiger partial charge in [-0.15, -0.1) is 0 Å². The Labute approximate surface area is 220 Å². The van der Waals surface area contributed by atoms with Crippen molar-refractivity contribution in [3.8, 4) is 11.5 Å². The maximum atomic E-state index is 13.8. The molecule has 1 unspecified atom stereocenters. The molecule has 0 fully saturated rings. The zero-order valence-electron chi connectivity index (χ0n) is 22.2.